The van der Waals surface area contributed by atoms with Crippen molar-refractivity contribution in [2.75, 3.05) is 13.2 Å². The van der Waals surface area contributed by atoms with Crippen molar-refractivity contribution in [2.45, 2.75) is 26.0 Å². The first-order chi connectivity index (χ1) is 22.2. The Morgan fingerprint density at radius 3 is 1.53 bits per heavy atom. The number of hydrogen-bond donors (Lipinski definition) is 0. The van der Waals surface area contributed by atoms with Gasteiger partial charge in [0, 0.05) is 36.7 Å². The van der Waals surface area contributed by atoms with Crippen LogP contribution in [0, 0.1) is 0 Å². The van der Waals surface area contributed by atoms with E-state index in [9.17, 15) is 0 Å². The standard InChI is InChI=1S/C40H39NO2P2/c1-32(2)41(44(35-20-7-3-8-21-35)36-22-9-4-10-23-36)30-34(31-42-40-29-17-19-33-18-15-16-28-39(33)40)43-45(37-24-11-5-12-25-37)38-26-13-6-14-27-38/h3-29,32,34H,30-31H2,1-2H3/t34-/m1/s1. The van der Waals surface area contributed by atoms with Crippen LogP contribution in [0.1, 0.15) is 13.8 Å². The Hall–Kier alpha value is -3.84. The van der Waals surface area contributed by atoms with Gasteiger partial charge in [-0.2, -0.15) is 0 Å². The topological polar surface area (TPSA) is 21.7 Å². The zero-order chi connectivity index (χ0) is 30.8. The van der Waals surface area contributed by atoms with Crippen molar-refractivity contribution in [3.05, 3.63) is 164 Å². The van der Waals surface area contributed by atoms with Crippen LogP contribution >= 0.6 is 16.2 Å². The second-order valence-corrected chi connectivity index (χ2v) is 15.2. The fourth-order valence-electron chi connectivity index (χ4n) is 5.48. The van der Waals surface area contributed by atoms with Gasteiger partial charge in [-0.3, -0.25) is 4.67 Å². The van der Waals surface area contributed by atoms with Crippen molar-refractivity contribution in [2.24, 2.45) is 0 Å². The van der Waals surface area contributed by atoms with Gasteiger partial charge in [0.05, 0.1) is 8.15 Å². The SMILES string of the molecule is CC(C)N(C[C@H](COc1cccc2ccccc12)OP(c1ccccc1)c1ccccc1)P(c1ccccc1)c1ccccc1. The summed E-state index contributed by atoms with van der Waals surface area (Å²) in [6, 6.07) is 58.0. The number of rotatable bonds is 13. The molecule has 3 nitrogen and oxygen atoms in total. The Bertz CT molecular complexity index is 1670. The van der Waals surface area contributed by atoms with E-state index in [0.29, 0.717) is 6.61 Å². The Balaban J connectivity index is 1.38. The minimum Gasteiger partial charge on any atom is -0.490 e. The Labute approximate surface area is 270 Å². The number of fused-ring (bicyclic) bond motifs is 1. The van der Waals surface area contributed by atoms with Gasteiger partial charge in [-0.15, -0.1) is 0 Å². The minimum absolute atomic E-state index is 0.199. The smallest absolute Gasteiger partial charge is 0.127 e. The molecule has 5 heteroatoms. The van der Waals surface area contributed by atoms with Gasteiger partial charge in [0.2, 0.25) is 0 Å². The van der Waals surface area contributed by atoms with Gasteiger partial charge in [-0.05, 0) is 35.9 Å². The monoisotopic (exact) mass is 627 g/mol. The Morgan fingerprint density at radius 1 is 0.533 bits per heavy atom. The predicted octanol–water partition coefficient (Wildman–Crippen LogP) is 8.41. The molecule has 0 aliphatic rings. The molecule has 6 aromatic carbocycles. The molecular formula is C40H39NO2P2. The molecule has 0 saturated heterocycles. The zero-order valence-corrected chi connectivity index (χ0v) is 27.6. The molecule has 0 aromatic heterocycles. The summed E-state index contributed by atoms with van der Waals surface area (Å²) in [5.74, 6) is 0.884. The van der Waals surface area contributed by atoms with E-state index in [4.69, 9.17) is 9.26 Å². The molecule has 0 amide bonds. The summed E-state index contributed by atoms with van der Waals surface area (Å²) in [6.07, 6.45) is -0.199. The van der Waals surface area contributed by atoms with Gasteiger partial charge in [0.25, 0.3) is 0 Å². The second-order valence-electron chi connectivity index (χ2n) is 11.2. The van der Waals surface area contributed by atoms with E-state index >= 15 is 0 Å². The number of nitrogens with zero attached hydrogens (tertiary/aromatic N) is 1. The summed E-state index contributed by atoms with van der Waals surface area (Å²) in [4.78, 5) is 0. The molecule has 6 rings (SSSR count). The van der Waals surface area contributed by atoms with Gasteiger partial charge in [-0.1, -0.05) is 158 Å². The second kappa shape index (κ2) is 15.4. The maximum Gasteiger partial charge on any atom is 0.127 e. The first-order valence-corrected chi connectivity index (χ1v) is 18.1. The molecule has 0 spiro atoms. The van der Waals surface area contributed by atoms with Crippen molar-refractivity contribution in [3.63, 3.8) is 0 Å². The van der Waals surface area contributed by atoms with E-state index in [2.05, 4.69) is 182 Å². The molecule has 226 valence electrons. The first kappa shape index (κ1) is 31.2. The van der Waals surface area contributed by atoms with E-state index in [-0.39, 0.29) is 12.1 Å². The summed E-state index contributed by atoms with van der Waals surface area (Å²) in [5, 5.41) is 7.33. The highest BCUT2D eigenvalue weighted by Gasteiger charge is 2.30. The van der Waals surface area contributed by atoms with Crippen LogP contribution in [0.25, 0.3) is 10.8 Å². The Kier molecular flexibility index (Phi) is 10.7. The average Bonchev–Trinajstić information content (AvgIpc) is 3.10. The maximum atomic E-state index is 7.27. The molecule has 45 heavy (non-hydrogen) atoms. The lowest BCUT2D eigenvalue weighted by atomic mass is 10.1. The molecule has 0 radical (unpaired) electrons. The van der Waals surface area contributed by atoms with E-state index in [1.54, 1.807) is 0 Å². The summed E-state index contributed by atoms with van der Waals surface area (Å²) < 4.78 is 16.6. The van der Waals surface area contributed by atoms with Crippen LogP contribution in [-0.2, 0) is 4.52 Å². The number of ether oxygens (including phenoxy) is 1. The quantitative estimate of drug-likeness (QED) is 0.120. The van der Waals surface area contributed by atoms with Gasteiger partial charge >= 0.3 is 0 Å². The van der Waals surface area contributed by atoms with Crippen molar-refractivity contribution >= 4 is 48.2 Å². The zero-order valence-electron chi connectivity index (χ0n) is 25.8. The van der Waals surface area contributed by atoms with E-state index in [1.165, 1.54) is 26.6 Å². The van der Waals surface area contributed by atoms with Crippen LogP contribution in [0.2, 0.25) is 0 Å². The molecule has 6 aromatic rings. The van der Waals surface area contributed by atoms with Gasteiger partial charge in [0.15, 0.2) is 0 Å². The Morgan fingerprint density at radius 2 is 1.00 bits per heavy atom. The van der Waals surface area contributed by atoms with E-state index in [0.717, 1.165) is 17.7 Å². The molecule has 0 aliphatic heterocycles. The molecule has 1 atom stereocenters. The summed E-state index contributed by atoms with van der Waals surface area (Å²) in [7, 11) is -1.89. The largest absolute Gasteiger partial charge is 0.490 e. The van der Waals surface area contributed by atoms with Crippen LogP contribution in [0.5, 0.6) is 5.75 Å². The number of hydrogen-bond acceptors (Lipinski definition) is 3. The molecule has 0 N–H and O–H groups in total. The van der Waals surface area contributed by atoms with Gasteiger partial charge in [-0.25, -0.2) is 0 Å². The highest BCUT2D eigenvalue weighted by molar-refractivity contribution is 7.70. The first-order valence-electron chi connectivity index (χ1n) is 15.5. The summed E-state index contributed by atoms with van der Waals surface area (Å²) in [5.41, 5.74) is 0. The lowest BCUT2D eigenvalue weighted by Gasteiger charge is -2.38. The highest BCUT2D eigenvalue weighted by atomic mass is 31.1. The number of benzene rings is 6. The molecule has 0 fully saturated rings. The van der Waals surface area contributed by atoms with E-state index in [1.807, 2.05) is 0 Å². The van der Waals surface area contributed by atoms with Crippen molar-refractivity contribution < 1.29 is 9.26 Å². The fraction of sp³-hybridized carbons (Fsp3) is 0.150. The van der Waals surface area contributed by atoms with Gasteiger partial charge in [0.1, 0.15) is 18.5 Å². The third kappa shape index (κ3) is 7.88. The van der Waals surface area contributed by atoms with Crippen LogP contribution in [0.15, 0.2) is 164 Å². The molecule has 0 aliphatic carbocycles. The third-order valence-corrected chi connectivity index (χ3v) is 12.4. The third-order valence-electron chi connectivity index (χ3n) is 7.66. The molecular weight excluding hydrogens is 588 g/mol. The van der Waals surface area contributed by atoms with Crippen LogP contribution < -0.4 is 26.0 Å². The van der Waals surface area contributed by atoms with Crippen molar-refractivity contribution in [1.82, 2.24) is 4.67 Å². The summed E-state index contributed by atoms with van der Waals surface area (Å²) >= 11 is 0. The average molecular weight is 628 g/mol. The normalized spacial score (nSPS) is 12.3. The lowest BCUT2D eigenvalue weighted by Crippen LogP contribution is -2.42. The van der Waals surface area contributed by atoms with Crippen LogP contribution in [-0.4, -0.2) is 30.0 Å². The van der Waals surface area contributed by atoms with Crippen LogP contribution in [0.3, 0.4) is 0 Å². The minimum atomic E-state index is -1.08. The fourth-order valence-corrected chi connectivity index (χ4v) is 9.94. The van der Waals surface area contributed by atoms with Crippen molar-refractivity contribution in [1.29, 1.82) is 0 Å². The predicted molar refractivity (Wildman–Crippen MR) is 194 cm³/mol. The molecule has 0 bridgehead atoms. The summed E-state index contributed by atoms with van der Waals surface area (Å²) in [6.45, 7) is 5.74. The van der Waals surface area contributed by atoms with Crippen molar-refractivity contribution in [3.8, 4) is 5.75 Å². The molecule has 0 saturated carbocycles. The molecule has 0 unspecified atom stereocenters. The van der Waals surface area contributed by atoms with Crippen LogP contribution in [0.4, 0.5) is 0 Å². The maximum absolute atomic E-state index is 7.27. The lowest BCUT2D eigenvalue weighted by molar-refractivity contribution is 0.120. The van der Waals surface area contributed by atoms with Gasteiger partial charge < -0.3 is 9.26 Å². The highest BCUT2D eigenvalue weighted by Crippen LogP contribution is 2.43. The van der Waals surface area contributed by atoms with E-state index < -0.39 is 16.2 Å². The molecule has 0 heterocycles.